The molecular formula is C9H18N2O2S. The summed E-state index contributed by atoms with van der Waals surface area (Å²) in [5, 5.41) is 3.01. The molecule has 82 valence electrons. The van der Waals surface area contributed by atoms with Crippen LogP contribution in [-0.4, -0.2) is 45.2 Å². The van der Waals surface area contributed by atoms with E-state index in [2.05, 4.69) is 11.2 Å². The molecule has 0 aromatic rings. The topological polar surface area (TPSA) is 49.4 Å². The number of nitrogens with zero attached hydrogens (tertiary/aromatic N) is 1. The highest BCUT2D eigenvalue weighted by atomic mass is 32.2. The Morgan fingerprint density at radius 3 is 2.57 bits per heavy atom. The monoisotopic (exact) mass is 218 g/mol. The number of nitrogens with one attached hydrogen (secondary N) is 1. The molecule has 0 unspecified atom stereocenters. The second-order valence-corrected chi connectivity index (χ2v) is 4.97. The van der Waals surface area contributed by atoms with Crippen molar-refractivity contribution < 1.29 is 8.42 Å². The molecule has 0 aliphatic carbocycles. The van der Waals surface area contributed by atoms with Crippen molar-refractivity contribution in [3.05, 3.63) is 0 Å². The van der Waals surface area contributed by atoms with E-state index >= 15 is 0 Å². The molecule has 0 heterocycles. The Morgan fingerprint density at radius 1 is 1.50 bits per heavy atom. The molecule has 0 radical (unpaired) electrons. The van der Waals surface area contributed by atoms with Gasteiger partial charge in [-0.25, -0.2) is 12.7 Å². The Kier molecular flexibility index (Phi) is 6.54. The zero-order chi connectivity index (χ0) is 11.0. The highest BCUT2D eigenvalue weighted by Gasteiger charge is 2.12. The van der Waals surface area contributed by atoms with Crippen LogP contribution in [0.2, 0.25) is 0 Å². The Balaban J connectivity index is 3.71. The predicted molar refractivity (Wildman–Crippen MR) is 58.4 cm³/mol. The van der Waals surface area contributed by atoms with Crippen LogP contribution in [0.25, 0.3) is 0 Å². The van der Waals surface area contributed by atoms with Gasteiger partial charge in [-0.05, 0) is 13.0 Å². The van der Waals surface area contributed by atoms with Gasteiger partial charge in [0.1, 0.15) is 0 Å². The van der Waals surface area contributed by atoms with Crippen LogP contribution in [0.4, 0.5) is 0 Å². The van der Waals surface area contributed by atoms with E-state index in [1.54, 1.807) is 0 Å². The SMILES string of the molecule is C#CCNCCCN(CC)S(C)(=O)=O. The maximum Gasteiger partial charge on any atom is 0.211 e. The Morgan fingerprint density at radius 2 is 2.14 bits per heavy atom. The van der Waals surface area contributed by atoms with E-state index in [1.165, 1.54) is 10.6 Å². The zero-order valence-electron chi connectivity index (χ0n) is 8.78. The molecule has 1 N–H and O–H groups in total. The van der Waals surface area contributed by atoms with Crippen LogP contribution in [0.5, 0.6) is 0 Å². The summed E-state index contributed by atoms with van der Waals surface area (Å²) in [5.74, 6) is 2.46. The molecule has 0 aliphatic heterocycles. The fourth-order valence-electron chi connectivity index (χ4n) is 1.10. The third-order valence-electron chi connectivity index (χ3n) is 1.81. The largest absolute Gasteiger partial charge is 0.306 e. The molecule has 0 amide bonds. The van der Waals surface area contributed by atoms with E-state index < -0.39 is 10.0 Å². The van der Waals surface area contributed by atoms with Gasteiger partial charge in [-0.1, -0.05) is 12.8 Å². The summed E-state index contributed by atoms with van der Waals surface area (Å²) < 4.78 is 23.8. The second-order valence-electron chi connectivity index (χ2n) is 2.99. The molecule has 0 fully saturated rings. The van der Waals surface area contributed by atoms with Gasteiger partial charge in [-0.15, -0.1) is 6.42 Å². The van der Waals surface area contributed by atoms with Gasteiger partial charge in [0.2, 0.25) is 10.0 Å². The number of hydrogen-bond acceptors (Lipinski definition) is 3. The van der Waals surface area contributed by atoms with Gasteiger partial charge < -0.3 is 5.32 Å². The zero-order valence-corrected chi connectivity index (χ0v) is 9.60. The molecule has 0 saturated heterocycles. The predicted octanol–water partition coefficient (Wildman–Crippen LogP) is -0.119. The third-order valence-corrected chi connectivity index (χ3v) is 3.19. The first kappa shape index (κ1) is 13.4. The molecule has 0 aliphatic rings. The van der Waals surface area contributed by atoms with E-state index in [1.807, 2.05) is 6.92 Å². The number of sulfonamides is 1. The molecule has 0 bridgehead atoms. The van der Waals surface area contributed by atoms with Crippen LogP contribution < -0.4 is 5.32 Å². The molecular weight excluding hydrogens is 200 g/mol. The molecule has 4 nitrogen and oxygen atoms in total. The van der Waals surface area contributed by atoms with Crippen molar-refractivity contribution in [1.29, 1.82) is 0 Å². The highest BCUT2D eigenvalue weighted by Crippen LogP contribution is 1.97. The van der Waals surface area contributed by atoms with Crippen molar-refractivity contribution in [2.75, 3.05) is 32.4 Å². The lowest BCUT2D eigenvalue weighted by molar-refractivity contribution is 0.421. The van der Waals surface area contributed by atoms with Crippen LogP contribution in [0.15, 0.2) is 0 Å². The van der Waals surface area contributed by atoms with Crippen molar-refractivity contribution in [3.63, 3.8) is 0 Å². The lowest BCUT2D eigenvalue weighted by Crippen LogP contribution is -2.32. The Bertz CT molecular complexity index is 280. The molecule has 0 atom stereocenters. The third kappa shape index (κ3) is 5.97. The van der Waals surface area contributed by atoms with Crippen LogP contribution >= 0.6 is 0 Å². The van der Waals surface area contributed by atoms with E-state index in [0.717, 1.165) is 13.0 Å². The van der Waals surface area contributed by atoms with Crippen molar-refractivity contribution in [1.82, 2.24) is 9.62 Å². The van der Waals surface area contributed by atoms with Crippen LogP contribution in [-0.2, 0) is 10.0 Å². The number of terminal acetylenes is 1. The van der Waals surface area contributed by atoms with Crippen LogP contribution in [0, 0.1) is 12.3 Å². The van der Waals surface area contributed by atoms with Crippen molar-refractivity contribution >= 4 is 10.0 Å². The minimum atomic E-state index is -3.04. The maximum absolute atomic E-state index is 11.2. The molecule has 0 spiro atoms. The summed E-state index contributed by atoms with van der Waals surface area (Å²) in [7, 11) is -3.04. The standard InChI is InChI=1S/C9H18N2O2S/c1-4-7-10-8-6-9-11(5-2)14(3,12)13/h1,10H,5-9H2,2-3H3. The van der Waals surface area contributed by atoms with Crippen molar-refractivity contribution in [3.8, 4) is 12.3 Å². The molecule has 0 saturated carbocycles. The quantitative estimate of drug-likeness (QED) is 0.479. The lowest BCUT2D eigenvalue weighted by atomic mass is 10.4. The average Bonchev–Trinajstić information content (AvgIpc) is 2.09. The highest BCUT2D eigenvalue weighted by molar-refractivity contribution is 7.88. The normalized spacial score (nSPS) is 11.6. The molecule has 0 aromatic carbocycles. The van der Waals surface area contributed by atoms with E-state index in [-0.39, 0.29) is 0 Å². The van der Waals surface area contributed by atoms with E-state index in [4.69, 9.17) is 6.42 Å². The smallest absolute Gasteiger partial charge is 0.211 e. The van der Waals surface area contributed by atoms with Gasteiger partial charge in [-0.2, -0.15) is 0 Å². The maximum atomic E-state index is 11.2. The summed E-state index contributed by atoms with van der Waals surface area (Å²) in [6, 6.07) is 0. The van der Waals surface area contributed by atoms with Gasteiger partial charge in [0, 0.05) is 13.1 Å². The summed E-state index contributed by atoms with van der Waals surface area (Å²) in [6.07, 6.45) is 7.06. The fourth-order valence-corrected chi connectivity index (χ4v) is 2.03. The number of rotatable bonds is 7. The second kappa shape index (κ2) is 6.82. The van der Waals surface area contributed by atoms with Gasteiger partial charge in [-0.3, -0.25) is 0 Å². The Hall–Kier alpha value is -0.570. The summed E-state index contributed by atoms with van der Waals surface area (Å²) in [4.78, 5) is 0. The van der Waals surface area contributed by atoms with Gasteiger partial charge in [0.05, 0.1) is 12.8 Å². The summed E-state index contributed by atoms with van der Waals surface area (Å²) >= 11 is 0. The van der Waals surface area contributed by atoms with Gasteiger partial charge >= 0.3 is 0 Å². The van der Waals surface area contributed by atoms with Crippen LogP contribution in [0.1, 0.15) is 13.3 Å². The first-order chi connectivity index (χ1) is 6.52. The first-order valence-electron chi connectivity index (χ1n) is 4.61. The average molecular weight is 218 g/mol. The first-order valence-corrected chi connectivity index (χ1v) is 6.46. The van der Waals surface area contributed by atoms with Crippen LogP contribution in [0.3, 0.4) is 0 Å². The van der Waals surface area contributed by atoms with Crippen molar-refractivity contribution in [2.45, 2.75) is 13.3 Å². The summed E-state index contributed by atoms with van der Waals surface area (Å²) in [6.45, 7) is 4.18. The fraction of sp³-hybridized carbons (Fsp3) is 0.778. The minimum Gasteiger partial charge on any atom is -0.306 e. The molecule has 0 rings (SSSR count). The molecule has 14 heavy (non-hydrogen) atoms. The van der Waals surface area contributed by atoms with Gasteiger partial charge in [0.15, 0.2) is 0 Å². The van der Waals surface area contributed by atoms with Crippen molar-refractivity contribution in [2.24, 2.45) is 0 Å². The molecule has 5 heteroatoms. The lowest BCUT2D eigenvalue weighted by Gasteiger charge is -2.17. The summed E-state index contributed by atoms with van der Waals surface area (Å²) in [5.41, 5.74) is 0. The minimum absolute atomic E-state index is 0.522. The van der Waals surface area contributed by atoms with E-state index in [9.17, 15) is 8.42 Å². The van der Waals surface area contributed by atoms with Gasteiger partial charge in [0.25, 0.3) is 0 Å². The molecule has 0 aromatic heterocycles. The Labute approximate surface area is 86.7 Å². The number of hydrogen-bond donors (Lipinski definition) is 1. The van der Waals surface area contributed by atoms with E-state index in [0.29, 0.717) is 19.6 Å².